The topological polar surface area (TPSA) is 121 Å². The summed E-state index contributed by atoms with van der Waals surface area (Å²) in [7, 11) is 0. The fraction of sp³-hybridized carbons (Fsp3) is 0.227. The number of rotatable bonds is 6. The number of nitrogens with zero attached hydrogens (tertiary/aromatic N) is 5. The molecule has 3 heterocycles. The SMILES string of the molecule is N#Cc1ccc(N2CC[C@H](Nc3cc(Cc4cnccn4)ncc3C(N)=O)C2)cc1. The van der Waals surface area contributed by atoms with Crippen LogP contribution in [0.15, 0.2) is 55.1 Å². The third kappa shape index (κ3) is 4.36. The summed E-state index contributed by atoms with van der Waals surface area (Å²) in [5, 5.41) is 12.4. The number of anilines is 2. The van der Waals surface area contributed by atoms with Gasteiger partial charge in [-0.15, -0.1) is 0 Å². The summed E-state index contributed by atoms with van der Waals surface area (Å²) in [5.74, 6) is -0.516. The highest BCUT2D eigenvalue weighted by atomic mass is 16.1. The van der Waals surface area contributed by atoms with Crippen LogP contribution in [0.4, 0.5) is 11.4 Å². The van der Waals surface area contributed by atoms with Crippen LogP contribution in [0.1, 0.15) is 33.7 Å². The molecule has 30 heavy (non-hydrogen) atoms. The highest BCUT2D eigenvalue weighted by Crippen LogP contribution is 2.25. The quantitative estimate of drug-likeness (QED) is 0.651. The first-order chi connectivity index (χ1) is 14.6. The number of aromatic nitrogens is 3. The van der Waals surface area contributed by atoms with E-state index in [1.807, 2.05) is 30.3 Å². The smallest absolute Gasteiger partial charge is 0.252 e. The fourth-order valence-corrected chi connectivity index (χ4v) is 3.60. The first kappa shape index (κ1) is 19.3. The van der Waals surface area contributed by atoms with Crippen LogP contribution in [0.2, 0.25) is 0 Å². The van der Waals surface area contributed by atoms with Crippen LogP contribution in [0.5, 0.6) is 0 Å². The summed E-state index contributed by atoms with van der Waals surface area (Å²) in [6.07, 6.45) is 7.92. The maximum absolute atomic E-state index is 11.9. The lowest BCUT2D eigenvalue weighted by molar-refractivity contribution is 0.100. The number of nitrogens with one attached hydrogen (secondary N) is 1. The molecule has 8 nitrogen and oxygen atoms in total. The van der Waals surface area contributed by atoms with E-state index in [0.717, 1.165) is 36.6 Å². The average molecular weight is 399 g/mol. The lowest BCUT2D eigenvalue weighted by atomic mass is 10.1. The van der Waals surface area contributed by atoms with Crippen LogP contribution in [-0.2, 0) is 6.42 Å². The maximum Gasteiger partial charge on any atom is 0.252 e. The van der Waals surface area contributed by atoms with Crippen molar-refractivity contribution in [2.45, 2.75) is 18.9 Å². The number of hydrogen-bond donors (Lipinski definition) is 2. The molecule has 1 aromatic carbocycles. The maximum atomic E-state index is 11.9. The number of carbonyl (C=O) groups is 1. The van der Waals surface area contributed by atoms with Crippen LogP contribution in [0, 0.1) is 11.3 Å². The normalized spacial score (nSPS) is 15.6. The summed E-state index contributed by atoms with van der Waals surface area (Å²) in [5.41, 5.74) is 9.92. The van der Waals surface area contributed by atoms with E-state index < -0.39 is 5.91 Å². The number of hydrogen-bond acceptors (Lipinski definition) is 7. The Morgan fingerprint density at radius 2 is 2.03 bits per heavy atom. The van der Waals surface area contributed by atoms with Crippen molar-refractivity contribution >= 4 is 17.3 Å². The van der Waals surface area contributed by atoms with Crippen molar-refractivity contribution in [3.63, 3.8) is 0 Å². The predicted octanol–water partition coefficient (Wildman–Crippen LogP) is 2.12. The molecule has 0 spiro atoms. The van der Waals surface area contributed by atoms with Gasteiger partial charge < -0.3 is 16.0 Å². The van der Waals surface area contributed by atoms with E-state index in [-0.39, 0.29) is 6.04 Å². The van der Waals surface area contributed by atoms with Gasteiger partial charge in [0.1, 0.15) is 0 Å². The van der Waals surface area contributed by atoms with Gasteiger partial charge in [-0.2, -0.15) is 5.26 Å². The first-order valence-electron chi connectivity index (χ1n) is 9.67. The molecule has 0 radical (unpaired) electrons. The number of nitriles is 1. The van der Waals surface area contributed by atoms with Gasteiger partial charge in [0.15, 0.2) is 0 Å². The van der Waals surface area contributed by atoms with Crippen LogP contribution in [0.25, 0.3) is 0 Å². The molecule has 0 saturated carbocycles. The van der Waals surface area contributed by atoms with Gasteiger partial charge >= 0.3 is 0 Å². The Bertz CT molecular complexity index is 1080. The summed E-state index contributed by atoms with van der Waals surface area (Å²) >= 11 is 0. The molecule has 3 N–H and O–H groups in total. The second kappa shape index (κ2) is 8.57. The minimum absolute atomic E-state index is 0.158. The monoisotopic (exact) mass is 399 g/mol. The minimum Gasteiger partial charge on any atom is -0.380 e. The Morgan fingerprint density at radius 1 is 1.20 bits per heavy atom. The Kier molecular flexibility index (Phi) is 5.52. The zero-order valence-corrected chi connectivity index (χ0v) is 16.3. The standard InChI is InChI=1S/C22H21N7O/c23-11-15-1-3-19(4-2-15)29-8-5-16(14-29)28-21-10-17(27-13-20(21)22(24)30)9-18-12-25-6-7-26-18/h1-4,6-7,10,12-13,16H,5,8-9,14H2,(H2,24,30)(H,27,28)/t16-/m0/s1. The number of benzene rings is 1. The number of nitrogens with two attached hydrogens (primary N) is 1. The highest BCUT2D eigenvalue weighted by Gasteiger charge is 2.24. The van der Waals surface area contributed by atoms with E-state index in [0.29, 0.717) is 23.2 Å². The third-order valence-electron chi connectivity index (χ3n) is 5.11. The minimum atomic E-state index is -0.516. The predicted molar refractivity (Wildman–Crippen MR) is 113 cm³/mol. The lowest BCUT2D eigenvalue weighted by Gasteiger charge is -2.20. The molecular formula is C22H21N7O. The van der Waals surface area contributed by atoms with Gasteiger partial charge in [0.25, 0.3) is 5.91 Å². The molecule has 8 heteroatoms. The molecule has 1 fully saturated rings. The van der Waals surface area contributed by atoms with Gasteiger partial charge in [-0.1, -0.05) is 0 Å². The molecule has 150 valence electrons. The molecule has 0 bridgehead atoms. The first-order valence-corrected chi connectivity index (χ1v) is 9.67. The molecule has 1 amide bonds. The van der Waals surface area contributed by atoms with E-state index in [4.69, 9.17) is 11.0 Å². The Morgan fingerprint density at radius 3 is 2.73 bits per heavy atom. The molecule has 1 aliphatic rings. The van der Waals surface area contributed by atoms with E-state index in [9.17, 15) is 4.79 Å². The summed E-state index contributed by atoms with van der Waals surface area (Å²) in [4.78, 5) is 26.9. The van der Waals surface area contributed by atoms with Gasteiger partial charge in [-0.3, -0.25) is 19.7 Å². The average Bonchev–Trinajstić information content (AvgIpc) is 3.23. The molecule has 2 aromatic heterocycles. The van der Waals surface area contributed by atoms with E-state index in [2.05, 4.69) is 31.2 Å². The number of primary amides is 1. The summed E-state index contributed by atoms with van der Waals surface area (Å²) < 4.78 is 0. The molecule has 1 atom stereocenters. The van der Waals surface area contributed by atoms with Crippen molar-refractivity contribution in [3.05, 3.63) is 77.6 Å². The lowest BCUT2D eigenvalue weighted by Crippen LogP contribution is -2.27. The van der Waals surface area contributed by atoms with Crippen molar-refractivity contribution in [2.24, 2.45) is 5.73 Å². The van der Waals surface area contributed by atoms with E-state index in [1.165, 1.54) is 6.20 Å². The van der Waals surface area contributed by atoms with Crippen molar-refractivity contribution in [1.82, 2.24) is 15.0 Å². The van der Waals surface area contributed by atoms with Crippen LogP contribution in [0.3, 0.4) is 0 Å². The Hall–Kier alpha value is -3.99. The van der Waals surface area contributed by atoms with Crippen LogP contribution in [-0.4, -0.2) is 40.0 Å². The number of pyridine rings is 1. The second-order valence-electron chi connectivity index (χ2n) is 7.19. The fourth-order valence-electron chi connectivity index (χ4n) is 3.60. The largest absolute Gasteiger partial charge is 0.380 e. The molecule has 3 aromatic rings. The number of amides is 1. The van der Waals surface area contributed by atoms with Gasteiger partial charge in [0.2, 0.25) is 0 Å². The molecular weight excluding hydrogens is 378 g/mol. The molecule has 0 unspecified atom stereocenters. The van der Waals surface area contributed by atoms with Gasteiger partial charge in [-0.05, 0) is 36.8 Å². The highest BCUT2D eigenvalue weighted by molar-refractivity contribution is 5.98. The Labute approximate surface area is 174 Å². The molecule has 4 rings (SSSR count). The van der Waals surface area contributed by atoms with E-state index in [1.54, 1.807) is 18.6 Å². The van der Waals surface area contributed by atoms with E-state index >= 15 is 0 Å². The molecule has 1 aliphatic heterocycles. The van der Waals surface area contributed by atoms with Crippen LogP contribution < -0.4 is 16.0 Å². The van der Waals surface area contributed by atoms with Gasteiger partial charge in [0, 0.05) is 61.7 Å². The molecule has 0 aliphatic carbocycles. The van der Waals surface area contributed by atoms with Gasteiger partial charge in [-0.25, -0.2) is 0 Å². The third-order valence-corrected chi connectivity index (χ3v) is 5.11. The van der Waals surface area contributed by atoms with Crippen molar-refractivity contribution < 1.29 is 4.79 Å². The number of carbonyl (C=O) groups excluding carboxylic acids is 1. The van der Waals surface area contributed by atoms with Crippen molar-refractivity contribution in [2.75, 3.05) is 23.3 Å². The second-order valence-corrected chi connectivity index (χ2v) is 7.19. The zero-order valence-electron chi connectivity index (χ0n) is 16.3. The summed E-state index contributed by atoms with van der Waals surface area (Å²) in [6.45, 7) is 1.67. The van der Waals surface area contributed by atoms with Crippen LogP contribution >= 0.6 is 0 Å². The van der Waals surface area contributed by atoms with Gasteiger partial charge in [0.05, 0.1) is 28.6 Å². The molecule has 1 saturated heterocycles. The summed E-state index contributed by atoms with van der Waals surface area (Å²) in [6, 6.07) is 11.7. The Balaban J connectivity index is 1.49. The van der Waals surface area contributed by atoms with Crippen molar-refractivity contribution in [3.8, 4) is 6.07 Å². The zero-order chi connectivity index (χ0) is 20.9. The van der Waals surface area contributed by atoms with Crippen molar-refractivity contribution in [1.29, 1.82) is 5.26 Å².